The Morgan fingerprint density at radius 2 is 1.40 bits per heavy atom. The lowest BCUT2D eigenvalue weighted by atomic mass is 9.94. The maximum absolute atomic E-state index is 11.1. The van der Waals surface area contributed by atoms with E-state index in [2.05, 4.69) is 0 Å². The fraction of sp³-hybridized carbons (Fsp3) is 0.667. The molecular formula is C9H13ClO5. The smallest absolute Gasteiger partial charge is 0.305 e. The molecule has 0 aromatic heterocycles. The van der Waals surface area contributed by atoms with Crippen molar-refractivity contribution in [1.82, 2.24) is 0 Å². The monoisotopic (exact) mass is 236 g/mol. The van der Waals surface area contributed by atoms with Crippen molar-refractivity contribution in [2.45, 2.75) is 34.0 Å². The summed E-state index contributed by atoms with van der Waals surface area (Å²) in [5.74, 6) is -1.32. The maximum atomic E-state index is 11.1. The van der Waals surface area contributed by atoms with Gasteiger partial charge in [-0.1, -0.05) is 0 Å². The molecule has 0 aliphatic rings. The molecule has 0 rings (SSSR count). The van der Waals surface area contributed by atoms with Crippen molar-refractivity contribution in [3.63, 3.8) is 0 Å². The van der Waals surface area contributed by atoms with Gasteiger partial charge in [-0.2, -0.15) is 0 Å². The number of halogens is 1. The van der Waals surface area contributed by atoms with Crippen LogP contribution in [0.1, 0.15) is 27.7 Å². The van der Waals surface area contributed by atoms with Crippen molar-refractivity contribution in [2.24, 2.45) is 5.41 Å². The highest BCUT2D eigenvalue weighted by Crippen LogP contribution is 2.27. The molecule has 0 fully saturated rings. The van der Waals surface area contributed by atoms with Crippen LogP contribution in [0.4, 0.5) is 0 Å². The van der Waals surface area contributed by atoms with Crippen LogP contribution in [-0.2, 0) is 23.9 Å². The molecule has 0 radical (unpaired) electrons. The van der Waals surface area contributed by atoms with Crippen LogP contribution in [0.15, 0.2) is 0 Å². The number of hydrogen-bond acceptors (Lipinski definition) is 5. The van der Waals surface area contributed by atoms with E-state index in [0.717, 1.165) is 13.8 Å². The number of carbonyl (C=O) groups excluding carboxylic acids is 3. The van der Waals surface area contributed by atoms with E-state index in [1.165, 1.54) is 13.8 Å². The van der Waals surface area contributed by atoms with Gasteiger partial charge in [-0.05, 0) is 25.4 Å². The third kappa shape index (κ3) is 4.29. The van der Waals surface area contributed by atoms with E-state index in [9.17, 15) is 14.4 Å². The minimum Gasteiger partial charge on any atom is -0.424 e. The van der Waals surface area contributed by atoms with Crippen molar-refractivity contribution in [2.75, 3.05) is 0 Å². The molecule has 5 nitrogen and oxygen atoms in total. The molecular weight excluding hydrogens is 224 g/mol. The molecule has 0 heterocycles. The lowest BCUT2D eigenvalue weighted by Crippen LogP contribution is -2.41. The van der Waals surface area contributed by atoms with E-state index in [-0.39, 0.29) is 0 Å². The summed E-state index contributed by atoms with van der Waals surface area (Å²) in [5, 5.41) is -0.755. The predicted octanol–water partition coefficient (Wildman–Crippen LogP) is 1.23. The van der Waals surface area contributed by atoms with Gasteiger partial charge in [0.05, 0.1) is 0 Å². The molecule has 0 aromatic rings. The van der Waals surface area contributed by atoms with Gasteiger partial charge < -0.3 is 9.47 Å². The Bertz CT molecular complexity index is 268. The third-order valence-electron chi connectivity index (χ3n) is 1.64. The molecule has 15 heavy (non-hydrogen) atoms. The molecule has 0 unspecified atom stereocenters. The first-order valence-electron chi connectivity index (χ1n) is 4.22. The standard InChI is InChI=1S/C9H13ClO5/c1-5(11)14-8(15-6(2)12)9(3,4)7(10)13/h8H,1-4H3. The van der Waals surface area contributed by atoms with Crippen LogP contribution < -0.4 is 0 Å². The lowest BCUT2D eigenvalue weighted by Gasteiger charge is -2.28. The Hall–Kier alpha value is -1.10. The van der Waals surface area contributed by atoms with E-state index in [4.69, 9.17) is 21.1 Å². The molecule has 0 saturated heterocycles. The Morgan fingerprint density at radius 3 is 1.60 bits per heavy atom. The summed E-state index contributed by atoms with van der Waals surface area (Å²) in [5.41, 5.74) is -1.28. The molecule has 0 aliphatic heterocycles. The quantitative estimate of drug-likeness (QED) is 0.417. The van der Waals surface area contributed by atoms with Crippen LogP contribution in [0.25, 0.3) is 0 Å². The van der Waals surface area contributed by atoms with Gasteiger partial charge in [0.1, 0.15) is 5.41 Å². The van der Waals surface area contributed by atoms with Crippen LogP contribution in [0, 0.1) is 5.41 Å². The zero-order chi connectivity index (χ0) is 12.2. The van der Waals surface area contributed by atoms with Gasteiger partial charge in [-0.25, -0.2) is 0 Å². The van der Waals surface area contributed by atoms with E-state index >= 15 is 0 Å². The van der Waals surface area contributed by atoms with E-state index in [1.54, 1.807) is 0 Å². The Kier molecular flexibility index (Phi) is 4.74. The van der Waals surface area contributed by atoms with Crippen molar-refractivity contribution in [3.8, 4) is 0 Å². The third-order valence-corrected chi connectivity index (χ3v) is 2.13. The first-order chi connectivity index (χ1) is 6.67. The Labute approximate surface area is 92.7 Å². The number of esters is 2. The Balaban J connectivity index is 4.83. The SMILES string of the molecule is CC(=O)OC(OC(C)=O)C(C)(C)C(=O)Cl. The second-order valence-electron chi connectivity index (χ2n) is 3.55. The predicted molar refractivity (Wildman–Crippen MR) is 52.0 cm³/mol. The average Bonchev–Trinajstić information content (AvgIpc) is 2.00. The number of rotatable bonds is 4. The second kappa shape index (κ2) is 5.11. The molecule has 0 spiro atoms. The summed E-state index contributed by atoms with van der Waals surface area (Å²) in [6.07, 6.45) is -1.31. The van der Waals surface area contributed by atoms with E-state index < -0.39 is 28.9 Å². The van der Waals surface area contributed by atoms with Gasteiger partial charge in [-0.15, -0.1) is 0 Å². The van der Waals surface area contributed by atoms with Gasteiger partial charge >= 0.3 is 11.9 Å². The lowest BCUT2D eigenvalue weighted by molar-refractivity contribution is -0.204. The molecule has 0 saturated carbocycles. The topological polar surface area (TPSA) is 69.7 Å². The molecule has 86 valence electrons. The van der Waals surface area contributed by atoms with Crippen LogP contribution in [0.2, 0.25) is 0 Å². The van der Waals surface area contributed by atoms with Crippen molar-refractivity contribution in [3.05, 3.63) is 0 Å². The zero-order valence-corrected chi connectivity index (χ0v) is 9.75. The molecule has 0 bridgehead atoms. The average molecular weight is 237 g/mol. The van der Waals surface area contributed by atoms with Gasteiger partial charge in [0.25, 0.3) is 6.29 Å². The van der Waals surface area contributed by atoms with Crippen molar-refractivity contribution >= 4 is 28.8 Å². The normalized spacial score (nSPS) is 11.1. The highest BCUT2D eigenvalue weighted by Gasteiger charge is 2.40. The minimum atomic E-state index is -1.31. The summed E-state index contributed by atoms with van der Waals surface area (Å²) >= 11 is 5.31. The molecule has 6 heteroatoms. The van der Waals surface area contributed by atoms with Gasteiger partial charge in [0.15, 0.2) is 0 Å². The van der Waals surface area contributed by atoms with Crippen molar-refractivity contribution < 1.29 is 23.9 Å². The molecule has 0 atom stereocenters. The summed E-state index contributed by atoms with van der Waals surface area (Å²) in [6, 6.07) is 0. The zero-order valence-electron chi connectivity index (χ0n) is 9.00. The highest BCUT2D eigenvalue weighted by molar-refractivity contribution is 6.64. The van der Waals surface area contributed by atoms with E-state index in [1.807, 2.05) is 0 Å². The van der Waals surface area contributed by atoms with Crippen molar-refractivity contribution in [1.29, 1.82) is 0 Å². The first-order valence-corrected chi connectivity index (χ1v) is 4.60. The summed E-state index contributed by atoms with van der Waals surface area (Å²) < 4.78 is 9.40. The van der Waals surface area contributed by atoms with Crippen LogP contribution in [0.3, 0.4) is 0 Å². The maximum Gasteiger partial charge on any atom is 0.305 e. The largest absolute Gasteiger partial charge is 0.424 e. The minimum absolute atomic E-state index is 0.660. The molecule has 0 aliphatic carbocycles. The fourth-order valence-corrected chi connectivity index (χ4v) is 0.802. The number of carbonyl (C=O) groups is 3. The second-order valence-corrected chi connectivity index (χ2v) is 3.89. The molecule has 0 aromatic carbocycles. The summed E-state index contributed by atoms with van der Waals surface area (Å²) in [6.45, 7) is 5.12. The van der Waals surface area contributed by atoms with Crippen LogP contribution >= 0.6 is 11.6 Å². The number of hydrogen-bond donors (Lipinski definition) is 0. The van der Waals surface area contributed by atoms with E-state index in [0.29, 0.717) is 0 Å². The summed E-state index contributed by atoms with van der Waals surface area (Å²) in [7, 11) is 0. The van der Waals surface area contributed by atoms with Crippen LogP contribution in [-0.4, -0.2) is 23.5 Å². The molecule has 0 N–H and O–H groups in total. The summed E-state index contributed by atoms with van der Waals surface area (Å²) in [4.78, 5) is 32.5. The van der Waals surface area contributed by atoms with Crippen LogP contribution in [0.5, 0.6) is 0 Å². The fourth-order valence-electron chi connectivity index (χ4n) is 0.713. The highest BCUT2D eigenvalue weighted by atomic mass is 35.5. The van der Waals surface area contributed by atoms with Gasteiger partial charge in [-0.3, -0.25) is 14.4 Å². The molecule has 0 amide bonds. The Morgan fingerprint density at radius 1 is 1.07 bits per heavy atom. The number of ether oxygens (including phenoxy) is 2. The van der Waals surface area contributed by atoms with Gasteiger partial charge in [0.2, 0.25) is 5.24 Å². The van der Waals surface area contributed by atoms with Gasteiger partial charge in [0, 0.05) is 13.8 Å². The first kappa shape index (κ1) is 13.9.